The molecule has 0 saturated carbocycles. The Balaban J connectivity index is 1.88. The second-order valence-corrected chi connectivity index (χ2v) is 5.38. The Kier molecular flexibility index (Phi) is 4.29. The predicted molar refractivity (Wildman–Crippen MR) is 91.4 cm³/mol. The minimum absolute atomic E-state index is 0.373. The van der Waals surface area contributed by atoms with Gasteiger partial charge in [0.2, 0.25) is 0 Å². The van der Waals surface area contributed by atoms with Gasteiger partial charge in [0, 0.05) is 0 Å². The molecule has 0 unspecified atom stereocenters. The van der Waals surface area contributed by atoms with Crippen LogP contribution in [0.15, 0.2) is 60.7 Å². The number of fused-ring (bicyclic) bond motifs is 1. The van der Waals surface area contributed by atoms with Crippen LogP contribution in [-0.2, 0) is 4.74 Å². The highest BCUT2D eigenvalue weighted by molar-refractivity contribution is 6.06. The lowest BCUT2D eigenvalue weighted by atomic mass is 10.0. The number of benzene rings is 3. The minimum Gasteiger partial charge on any atom is -0.465 e. The van der Waals surface area contributed by atoms with Gasteiger partial charge in [-0.3, -0.25) is 0 Å². The zero-order chi connectivity index (χ0) is 17.1. The van der Waals surface area contributed by atoms with Crippen molar-refractivity contribution in [1.82, 2.24) is 0 Å². The van der Waals surface area contributed by atoms with E-state index in [0.717, 1.165) is 16.3 Å². The van der Waals surface area contributed by atoms with Gasteiger partial charge < -0.3 is 9.47 Å². The van der Waals surface area contributed by atoms with Gasteiger partial charge in [0.1, 0.15) is 5.75 Å². The van der Waals surface area contributed by atoms with Crippen LogP contribution in [0.4, 0.5) is 0 Å². The lowest BCUT2D eigenvalue weighted by molar-refractivity contribution is 0.0600. The van der Waals surface area contributed by atoms with E-state index in [1.165, 1.54) is 7.11 Å². The van der Waals surface area contributed by atoms with Crippen molar-refractivity contribution in [2.45, 2.75) is 6.92 Å². The Morgan fingerprint density at radius 1 is 0.792 bits per heavy atom. The summed E-state index contributed by atoms with van der Waals surface area (Å²) in [5.41, 5.74) is 2.01. The van der Waals surface area contributed by atoms with E-state index >= 15 is 0 Å². The zero-order valence-corrected chi connectivity index (χ0v) is 13.4. The van der Waals surface area contributed by atoms with E-state index in [0.29, 0.717) is 16.9 Å². The SMILES string of the molecule is COC(=O)c1ccc(OC(=O)c2ccc(C)c3ccccc23)cc1. The van der Waals surface area contributed by atoms with Crippen LogP contribution in [0.1, 0.15) is 26.3 Å². The van der Waals surface area contributed by atoms with Crippen LogP contribution in [0.3, 0.4) is 0 Å². The van der Waals surface area contributed by atoms with E-state index in [9.17, 15) is 9.59 Å². The van der Waals surface area contributed by atoms with Crippen molar-refractivity contribution in [2.75, 3.05) is 7.11 Å². The van der Waals surface area contributed by atoms with Gasteiger partial charge in [-0.1, -0.05) is 30.3 Å². The maximum Gasteiger partial charge on any atom is 0.344 e. The van der Waals surface area contributed by atoms with Gasteiger partial charge in [-0.15, -0.1) is 0 Å². The Morgan fingerprint density at radius 3 is 2.12 bits per heavy atom. The molecule has 3 rings (SSSR count). The number of hydrogen-bond donors (Lipinski definition) is 0. The summed E-state index contributed by atoms with van der Waals surface area (Å²) in [7, 11) is 1.32. The quantitative estimate of drug-likeness (QED) is 0.537. The largest absolute Gasteiger partial charge is 0.465 e. The van der Waals surface area contributed by atoms with Crippen molar-refractivity contribution >= 4 is 22.7 Å². The molecule has 3 aromatic carbocycles. The van der Waals surface area contributed by atoms with Crippen molar-refractivity contribution in [3.63, 3.8) is 0 Å². The van der Waals surface area contributed by atoms with Crippen molar-refractivity contribution in [2.24, 2.45) is 0 Å². The van der Waals surface area contributed by atoms with Crippen LogP contribution in [0, 0.1) is 6.92 Å². The van der Waals surface area contributed by atoms with Gasteiger partial charge in [-0.2, -0.15) is 0 Å². The van der Waals surface area contributed by atoms with Crippen LogP contribution < -0.4 is 4.74 Å². The molecule has 4 nitrogen and oxygen atoms in total. The molecular weight excluding hydrogens is 304 g/mol. The van der Waals surface area contributed by atoms with Gasteiger partial charge in [0.25, 0.3) is 0 Å². The summed E-state index contributed by atoms with van der Waals surface area (Å²) in [5, 5.41) is 1.88. The number of methoxy groups -OCH3 is 1. The van der Waals surface area contributed by atoms with E-state index in [2.05, 4.69) is 4.74 Å². The molecule has 0 N–H and O–H groups in total. The average molecular weight is 320 g/mol. The highest BCUT2D eigenvalue weighted by Crippen LogP contribution is 2.24. The predicted octanol–water partition coefficient (Wildman–Crippen LogP) is 4.15. The molecule has 24 heavy (non-hydrogen) atoms. The maximum absolute atomic E-state index is 12.5. The molecule has 4 heteroatoms. The van der Waals surface area contributed by atoms with Crippen LogP contribution >= 0.6 is 0 Å². The van der Waals surface area contributed by atoms with E-state index in [1.807, 2.05) is 37.3 Å². The molecule has 0 fully saturated rings. The monoisotopic (exact) mass is 320 g/mol. The molecule has 0 radical (unpaired) electrons. The van der Waals surface area contributed by atoms with Gasteiger partial charge in [0.05, 0.1) is 18.2 Å². The standard InChI is InChI=1S/C20H16O4/c1-13-7-12-18(17-6-4-3-5-16(13)17)20(22)24-15-10-8-14(9-11-15)19(21)23-2/h3-12H,1-2H3. The fourth-order valence-electron chi connectivity index (χ4n) is 2.57. The smallest absolute Gasteiger partial charge is 0.344 e. The molecule has 120 valence electrons. The normalized spacial score (nSPS) is 10.4. The average Bonchev–Trinajstić information content (AvgIpc) is 2.62. The number of aryl methyl sites for hydroxylation is 1. The van der Waals surface area contributed by atoms with Crippen LogP contribution in [-0.4, -0.2) is 19.0 Å². The van der Waals surface area contributed by atoms with E-state index in [4.69, 9.17) is 4.74 Å². The molecule has 3 aromatic rings. The summed E-state index contributed by atoms with van der Waals surface area (Å²) in [5.74, 6) is -0.494. The number of carbonyl (C=O) groups excluding carboxylic acids is 2. The third kappa shape index (κ3) is 2.99. The first-order valence-corrected chi connectivity index (χ1v) is 7.49. The Hall–Kier alpha value is -3.14. The molecule has 0 spiro atoms. The number of carbonyl (C=O) groups is 2. The number of rotatable bonds is 3. The topological polar surface area (TPSA) is 52.6 Å². The van der Waals surface area contributed by atoms with Gasteiger partial charge in [-0.25, -0.2) is 9.59 Å². The van der Waals surface area contributed by atoms with Gasteiger partial charge in [0.15, 0.2) is 0 Å². The Morgan fingerprint density at radius 2 is 1.46 bits per heavy atom. The van der Waals surface area contributed by atoms with Crippen molar-refractivity contribution in [1.29, 1.82) is 0 Å². The fourth-order valence-corrected chi connectivity index (χ4v) is 2.57. The second kappa shape index (κ2) is 6.54. The molecular formula is C20H16O4. The summed E-state index contributed by atoms with van der Waals surface area (Å²) >= 11 is 0. The van der Waals surface area contributed by atoms with Crippen molar-refractivity contribution in [3.05, 3.63) is 77.4 Å². The summed E-state index contributed by atoms with van der Waals surface area (Å²) in [6.07, 6.45) is 0. The summed E-state index contributed by atoms with van der Waals surface area (Å²) in [4.78, 5) is 23.9. The molecule has 0 aliphatic rings. The molecule has 0 aromatic heterocycles. The third-order valence-electron chi connectivity index (χ3n) is 3.85. The molecule has 0 atom stereocenters. The first-order valence-electron chi connectivity index (χ1n) is 7.49. The Bertz CT molecular complexity index is 911. The molecule has 0 amide bonds. The van der Waals surface area contributed by atoms with Crippen LogP contribution in [0.2, 0.25) is 0 Å². The van der Waals surface area contributed by atoms with E-state index in [1.54, 1.807) is 30.3 Å². The molecule has 0 heterocycles. The molecule has 0 aliphatic carbocycles. The first-order chi connectivity index (χ1) is 11.6. The van der Waals surface area contributed by atoms with Crippen LogP contribution in [0.5, 0.6) is 5.75 Å². The van der Waals surface area contributed by atoms with Crippen molar-refractivity contribution < 1.29 is 19.1 Å². The lowest BCUT2D eigenvalue weighted by Crippen LogP contribution is -2.09. The summed E-state index contributed by atoms with van der Waals surface area (Å²) < 4.78 is 10.1. The maximum atomic E-state index is 12.5. The Labute approximate surface area is 139 Å². The number of hydrogen-bond acceptors (Lipinski definition) is 4. The van der Waals surface area contributed by atoms with Crippen LogP contribution in [0.25, 0.3) is 10.8 Å². The fraction of sp³-hybridized carbons (Fsp3) is 0.100. The van der Waals surface area contributed by atoms with Gasteiger partial charge in [-0.05, 0) is 53.6 Å². The lowest BCUT2D eigenvalue weighted by Gasteiger charge is -2.09. The third-order valence-corrected chi connectivity index (χ3v) is 3.85. The van der Waals surface area contributed by atoms with E-state index in [-0.39, 0.29) is 0 Å². The molecule has 0 aliphatic heterocycles. The summed E-state index contributed by atoms with van der Waals surface area (Å²) in [6, 6.07) is 17.6. The second-order valence-electron chi connectivity index (χ2n) is 5.38. The van der Waals surface area contributed by atoms with Crippen molar-refractivity contribution in [3.8, 4) is 5.75 Å². The highest BCUT2D eigenvalue weighted by Gasteiger charge is 2.14. The zero-order valence-electron chi connectivity index (χ0n) is 13.4. The minimum atomic E-state index is -0.433. The van der Waals surface area contributed by atoms with E-state index < -0.39 is 11.9 Å². The molecule has 0 bridgehead atoms. The van der Waals surface area contributed by atoms with Gasteiger partial charge >= 0.3 is 11.9 Å². The highest BCUT2D eigenvalue weighted by atomic mass is 16.5. The number of ether oxygens (including phenoxy) is 2. The summed E-state index contributed by atoms with van der Waals surface area (Å²) in [6.45, 7) is 2.00. The number of esters is 2. The first kappa shape index (κ1) is 15.7. The molecule has 0 saturated heterocycles.